The zero-order valence-corrected chi connectivity index (χ0v) is 28.3. The molecule has 0 saturated carbocycles. The molecule has 0 aliphatic carbocycles. The van der Waals surface area contributed by atoms with E-state index in [1.165, 1.54) is 9.80 Å². The summed E-state index contributed by atoms with van der Waals surface area (Å²) in [6.45, 7) is 1.63. The van der Waals surface area contributed by atoms with Crippen molar-refractivity contribution < 1.29 is 23.6 Å². The monoisotopic (exact) mass is 709 g/mol. The van der Waals surface area contributed by atoms with Gasteiger partial charge in [-0.05, 0) is 55.0 Å². The molecule has 1 aliphatic rings. The minimum Gasteiger partial charge on any atom is -0.493 e. The second-order valence-electron chi connectivity index (χ2n) is 11.0. The van der Waals surface area contributed by atoms with Crippen LogP contribution >= 0.6 is 23.4 Å². The third kappa shape index (κ3) is 8.08. The second-order valence-corrected chi connectivity index (χ2v) is 12.4. The number of hydrogen-bond donors (Lipinski definition) is 2. The first-order valence-electron chi connectivity index (χ1n) is 15.7. The fraction of sp³-hybridized carbons (Fsp3) is 0.194. The molecule has 0 fully saturated rings. The van der Waals surface area contributed by atoms with Crippen LogP contribution in [0.2, 0.25) is 5.02 Å². The van der Waals surface area contributed by atoms with Crippen LogP contribution in [0.3, 0.4) is 0 Å². The average Bonchev–Trinajstić information content (AvgIpc) is 3.72. The smallest absolute Gasteiger partial charge is 0.261 e. The van der Waals surface area contributed by atoms with Crippen LogP contribution in [0.4, 0.5) is 5.69 Å². The first-order chi connectivity index (χ1) is 24.4. The summed E-state index contributed by atoms with van der Waals surface area (Å²) in [7, 11) is 0. The quantitative estimate of drug-likeness (QED) is 0.0534. The van der Waals surface area contributed by atoms with Gasteiger partial charge in [0.05, 0.1) is 34.2 Å². The maximum Gasteiger partial charge on any atom is 0.261 e. The Morgan fingerprint density at radius 2 is 1.60 bits per heavy atom. The van der Waals surface area contributed by atoms with Crippen LogP contribution in [-0.4, -0.2) is 69.2 Å². The van der Waals surface area contributed by atoms with E-state index in [-0.39, 0.29) is 28.6 Å². The summed E-state index contributed by atoms with van der Waals surface area (Å²) in [5, 5.41) is 22.2. The number of benzene rings is 3. The van der Waals surface area contributed by atoms with Crippen molar-refractivity contribution in [3.63, 3.8) is 0 Å². The van der Waals surface area contributed by atoms with Gasteiger partial charge in [0, 0.05) is 49.7 Å². The summed E-state index contributed by atoms with van der Waals surface area (Å²) in [4.78, 5) is 36.2. The molecule has 0 atom stereocenters. The lowest BCUT2D eigenvalue weighted by molar-refractivity contribution is 0.0622. The van der Waals surface area contributed by atoms with Gasteiger partial charge >= 0.3 is 0 Å². The van der Waals surface area contributed by atoms with Crippen molar-refractivity contribution in [1.82, 2.24) is 20.0 Å². The molecule has 5 aromatic rings. The van der Waals surface area contributed by atoms with Gasteiger partial charge in [0.2, 0.25) is 11.7 Å². The molecule has 0 unspecified atom stereocenters. The minimum atomic E-state index is -0.256. The number of nitrogens with zero attached hydrogens (tertiary/aromatic N) is 5. The van der Waals surface area contributed by atoms with Crippen molar-refractivity contribution in [3.05, 3.63) is 125 Å². The Hall–Kier alpha value is -5.37. The minimum absolute atomic E-state index is 0.0572. The highest BCUT2D eigenvalue weighted by Gasteiger charge is 2.34. The van der Waals surface area contributed by atoms with E-state index >= 15 is 0 Å². The van der Waals surface area contributed by atoms with Crippen molar-refractivity contribution >= 4 is 51.9 Å². The van der Waals surface area contributed by atoms with Crippen LogP contribution < -0.4 is 9.64 Å². The first-order valence-corrected chi connectivity index (χ1v) is 17.1. The van der Waals surface area contributed by atoms with Crippen LogP contribution in [0.25, 0.3) is 11.4 Å². The number of halogens is 1. The van der Waals surface area contributed by atoms with Gasteiger partial charge in [-0.3, -0.25) is 35.2 Å². The number of rotatable bonds is 14. The van der Waals surface area contributed by atoms with Gasteiger partial charge < -0.3 is 14.0 Å². The number of anilines is 1. The normalized spacial score (nSPS) is 12.2. The lowest BCUT2D eigenvalue weighted by Crippen LogP contribution is -2.35. The molecule has 3 aromatic carbocycles. The lowest BCUT2D eigenvalue weighted by Gasteiger charge is -2.26. The predicted molar refractivity (Wildman–Crippen MR) is 191 cm³/mol. The topological polar surface area (TPSA) is 159 Å². The summed E-state index contributed by atoms with van der Waals surface area (Å²) in [6, 6.07) is 24.7. The van der Waals surface area contributed by atoms with E-state index < -0.39 is 0 Å². The Morgan fingerprint density at radius 1 is 0.880 bits per heavy atom. The van der Waals surface area contributed by atoms with Gasteiger partial charge in [0.1, 0.15) is 11.6 Å². The Bertz CT molecular complexity index is 1970. The SMILES string of the molecule is N=C(SCc1nc(-c2cccc(OCCCOCCCN3C(=O)c4ccccc4C3=O)c2)no1)N(C(=N)c1ccncc1)c1ccccc1Cl. The number of carbonyl (C=O) groups is 2. The maximum atomic E-state index is 12.5. The molecule has 3 heterocycles. The molecule has 12 nitrogen and oxygen atoms in total. The summed E-state index contributed by atoms with van der Waals surface area (Å²) < 4.78 is 17.1. The fourth-order valence-corrected chi connectivity index (χ4v) is 6.09. The van der Waals surface area contributed by atoms with Crippen LogP contribution in [0, 0.1) is 10.8 Å². The van der Waals surface area contributed by atoms with Gasteiger partial charge in [-0.15, -0.1) is 0 Å². The Balaban J connectivity index is 0.952. The van der Waals surface area contributed by atoms with Crippen LogP contribution in [0.15, 0.2) is 102 Å². The number of para-hydroxylation sites is 1. The van der Waals surface area contributed by atoms with Gasteiger partial charge in [-0.2, -0.15) is 4.98 Å². The first kappa shape index (κ1) is 34.5. The molecule has 0 spiro atoms. The molecule has 1 aliphatic heterocycles. The van der Waals surface area contributed by atoms with E-state index in [0.29, 0.717) is 89.6 Å². The number of pyridine rings is 1. The Kier molecular flexibility index (Phi) is 11.3. The molecule has 0 saturated heterocycles. The number of carbonyl (C=O) groups excluding carboxylic acids is 2. The van der Waals surface area contributed by atoms with E-state index in [0.717, 1.165) is 11.8 Å². The zero-order chi connectivity index (χ0) is 34.9. The molecular formula is C36H32ClN7O5S. The average molecular weight is 710 g/mol. The highest BCUT2D eigenvalue weighted by atomic mass is 35.5. The molecule has 2 aromatic heterocycles. The number of imide groups is 1. The molecular weight excluding hydrogens is 678 g/mol. The van der Waals surface area contributed by atoms with Crippen LogP contribution in [0.5, 0.6) is 5.75 Å². The van der Waals surface area contributed by atoms with E-state index in [4.69, 9.17) is 36.4 Å². The summed E-state index contributed by atoms with van der Waals surface area (Å²) >= 11 is 7.60. The summed E-state index contributed by atoms with van der Waals surface area (Å²) in [5.74, 6) is 1.10. The number of nitrogens with one attached hydrogen (secondary N) is 2. The van der Waals surface area contributed by atoms with Crippen LogP contribution in [-0.2, 0) is 10.5 Å². The van der Waals surface area contributed by atoms with Crippen molar-refractivity contribution in [3.8, 4) is 17.1 Å². The highest BCUT2D eigenvalue weighted by molar-refractivity contribution is 8.13. The van der Waals surface area contributed by atoms with Gasteiger partial charge in [-0.1, -0.05) is 64.9 Å². The fourth-order valence-electron chi connectivity index (χ4n) is 5.17. The van der Waals surface area contributed by atoms with Gasteiger partial charge in [0.25, 0.3) is 11.8 Å². The number of ether oxygens (including phenoxy) is 2. The summed E-state index contributed by atoms with van der Waals surface area (Å²) in [6.07, 6.45) is 4.38. The van der Waals surface area contributed by atoms with E-state index in [2.05, 4.69) is 15.1 Å². The largest absolute Gasteiger partial charge is 0.493 e. The lowest BCUT2D eigenvalue weighted by atomic mass is 10.1. The van der Waals surface area contributed by atoms with Crippen molar-refractivity contribution in [2.45, 2.75) is 18.6 Å². The molecule has 50 heavy (non-hydrogen) atoms. The zero-order valence-electron chi connectivity index (χ0n) is 26.8. The molecule has 254 valence electrons. The third-order valence-electron chi connectivity index (χ3n) is 7.62. The van der Waals surface area contributed by atoms with Gasteiger partial charge in [-0.25, -0.2) is 0 Å². The molecule has 0 bridgehead atoms. The molecule has 2 amide bonds. The highest BCUT2D eigenvalue weighted by Crippen LogP contribution is 2.30. The third-order valence-corrected chi connectivity index (χ3v) is 8.78. The predicted octanol–water partition coefficient (Wildman–Crippen LogP) is 6.96. The molecule has 0 radical (unpaired) electrons. The van der Waals surface area contributed by atoms with E-state index in [1.807, 2.05) is 24.3 Å². The van der Waals surface area contributed by atoms with E-state index in [1.54, 1.807) is 73.1 Å². The van der Waals surface area contributed by atoms with Crippen molar-refractivity contribution in [1.29, 1.82) is 10.8 Å². The van der Waals surface area contributed by atoms with Crippen molar-refractivity contribution in [2.75, 3.05) is 31.3 Å². The standard InChI is InChI=1S/C36H32ClN7O5S/c37-29-12-3-4-13-30(29)44(32(38)24-14-16-40-17-15-24)36(39)50-23-31-41-33(42-49-31)25-8-5-9-26(22-25)48-21-7-20-47-19-6-18-43-34(45)27-10-1-2-11-28(27)35(43)46/h1-5,8-17,22,38-39H,6-7,18-21,23H2. The number of amides is 2. The van der Waals surface area contributed by atoms with Crippen molar-refractivity contribution in [2.24, 2.45) is 0 Å². The number of aromatic nitrogens is 3. The molecule has 6 rings (SSSR count). The summed E-state index contributed by atoms with van der Waals surface area (Å²) in [5.41, 5.74) is 2.69. The maximum absolute atomic E-state index is 12.5. The van der Waals surface area contributed by atoms with E-state index in [9.17, 15) is 9.59 Å². The number of amidine groups is 2. The molecule has 2 N–H and O–H groups in total. The Labute approximate surface area is 297 Å². The van der Waals surface area contributed by atoms with Gasteiger partial charge in [0.15, 0.2) is 5.17 Å². The van der Waals surface area contributed by atoms with Crippen LogP contribution in [0.1, 0.15) is 45.0 Å². The Morgan fingerprint density at radius 3 is 2.36 bits per heavy atom. The number of thioether (sulfide) groups is 1. The number of fused-ring (bicyclic) bond motifs is 1. The molecule has 14 heteroatoms. The second kappa shape index (κ2) is 16.4. The number of hydrogen-bond acceptors (Lipinski definition) is 11.